The van der Waals surface area contributed by atoms with Crippen molar-refractivity contribution in [3.05, 3.63) is 6.42 Å². The highest BCUT2D eigenvalue weighted by Gasteiger charge is 2.33. The van der Waals surface area contributed by atoms with Crippen LogP contribution in [-0.4, -0.2) is 30.5 Å². The van der Waals surface area contributed by atoms with E-state index in [0.29, 0.717) is 13.1 Å². The maximum absolute atomic E-state index is 12.4. The lowest BCUT2D eigenvalue weighted by Crippen LogP contribution is -2.39. The van der Waals surface area contributed by atoms with Crippen LogP contribution in [0.5, 0.6) is 0 Å². The minimum Gasteiger partial charge on any atom is -0.303 e. The number of hydrogen-bond acceptors (Lipinski definition) is 1. The van der Waals surface area contributed by atoms with Crippen LogP contribution in [0.15, 0.2) is 0 Å². The van der Waals surface area contributed by atoms with Crippen molar-refractivity contribution in [2.45, 2.75) is 19.3 Å². The van der Waals surface area contributed by atoms with Gasteiger partial charge in [-0.1, -0.05) is 6.92 Å². The Kier molecular flexibility index (Phi) is 2.24. The molecule has 1 radical (unpaired) electrons. The van der Waals surface area contributed by atoms with Crippen LogP contribution in [0.1, 0.15) is 13.3 Å². The average Bonchev–Trinajstić information content (AvgIpc) is 1.88. The first kappa shape index (κ1) is 7.92. The highest BCUT2D eigenvalue weighted by atomic mass is 19.3. The summed E-state index contributed by atoms with van der Waals surface area (Å²) in [6.45, 7) is 3.81. The minimum absolute atomic E-state index is 0.0131. The monoisotopic (exact) mass is 148 g/mol. The minimum atomic E-state index is -2.51. The molecule has 0 N–H and O–H groups in total. The largest absolute Gasteiger partial charge is 0.303 e. The summed E-state index contributed by atoms with van der Waals surface area (Å²) in [5.74, 6) is -2.51. The second-order valence-corrected chi connectivity index (χ2v) is 2.61. The van der Waals surface area contributed by atoms with Gasteiger partial charge in [0.25, 0.3) is 5.92 Å². The van der Waals surface area contributed by atoms with Crippen LogP contribution >= 0.6 is 0 Å². The first-order valence-corrected chi connectivity index (χ1v) is 3.58. The Balaban J connectivity index is 2.31. The molecule has 1 nitrogen and oxygen atoms in total. The molecule has 0 atom stereocenters. The Labute approximate surface area is 60.0 Å². The molecule has 1 saturated heterocycles. The Hall–Kier alpha value is -0.180. The first-order valence-electron chi connectivity index (χ1n) is 3.58. The summed E-state index contributed by atoms with van der Waals surface area (Å²) in [4.78, 5) is 2.00. The Morgan fingerprint density at radius 3 is 2.70 bits per heavy atom. The molecule has 1 rings (SSSR count). The van der Waals surface area contributed by atoms with Crippen molar-refractivity contribution in [1.82, 2.24) is 4.90 Å². The molecule has 0 spiro atoms. The van der Waals surface area contributed by atoms with Crippen LogP contribution < -0.4 is 0 Å². The maximum Gasteiger partial charge on any atom is 0.253 e. The quantitative estimate of drug-likeness (QED) is 0.545. The van der Waals surface area contributed by atoms with Gasteiger partial charge < -0.3 is 4.90 Å². The zero-order valence-electron chi connectivity index (χ0n) is 6.11. The number of alkyl halides is 2. The molecule has 0 aromatic heterocycles. The number of halogens is 2. The zero-order chi connectivity index (χ0) is 7.61. The maximum atomic E-state index is 12.4. The molecule has 1 fully saturated rings. The van der Waals surface area contributed by atoms with Gasteiger partial charge in [0, 0.05) is 25.9 Å². The van der Waals surface area contributed by atoms with Gasteiger partial charge >= 0.3 is 0 Å². The lowest BCUT2D eigenvalue weighted by molar-refractivity contribution is -0.00935. The van der Waals surface area contributed by atoms with Gasteiger partial charge in [-0.25, -0.2) is 8.78 Å². The van der Waals surface area contributed by atoms with Crippen molar-refractivity contribution in [2.24, 2.45) is 0 Å². The van der Waals surface area contributed by atoms with Crippen molar-refractivity contribution < 1.29 is 8.78 Å². The number of hydrogen-bond donors (Lipinski definition) is 0. The Morgan fingerprint density at radius 1 is 1.60 bits per heavy atom. The van der Waals surface area contributed by atoms with Crippen molar-refractivity contribution in [3.8, 4) is 0 Å². The van der Waals surface area contributed by atoms with Gasteiger partial charge in [0.15, 0.2) is 0 Å². The van der Waals surface area contributed by atoms with Crippen molar-refractivity contribution in [3.63, 3.8) is 0 Å². The Bertz CT molecular complexity index is 104. The molecule has 0 aromatic carbocycles. The van der Waals surface area contributed by atoms with Gasteiger partial charge in [-0.2, -0.15) is 0 Å². The smallest absolute Gasteiger partial charge is 0.253 e. The number of piperidine rings is 1. The number of nitrogens with zero attached hydrogens (tertiary/aromatic N) is 1. The van der Waals surface area contributed by atoms with Gasteiger partial charge in [0.1, 0.15) is 0 Å². The Morgan fingerprint density at radius 2 is 2.30 bits per heavy atom. The predicted octanol–water partition coefficient (Wildman–Crippen LogP) is 1.55. The fourth-order valence-electron chi connectivity index (χ4n) is 1.05. The van der Waals surface area contributed by atoms with Gasteiger partial charge in [-0.15, -0.1) is 0 Å². The summed E-state index contributed by atoms with van der Waals surface area (Å²) in [6, 6.07) is 0. The zero-order valence-corrected chi connectivity index (χ0v) is 6.11. The lowest BCUT2D eigenvalue weighted by Gasteiger charge is -2.30. The van der Waals surface area contributed by atoms with Crippen LogP contribution in [0.4, 0.5) is 8.78 Å². The van der Waals surface area contributed by atoms with E-state index < -0.39 is 5.92 Å². The van der Waals surface area contributed by atoms with Crippen molar-refractivity contribution in [1.29, 1.82) is 0 Å². The average molecular weight is 148 g/mol. The van der Waals surface area contributed by atoms with Crippen LogP contribution in [0.25, 0.3) is 0 Å². The van der Waals surface area contributed by atoms with Gasteiger partial charge in [-0.3, -0.25) is 0 Å². The van der Waals surface area contributed by atoms with Gasteiger partial charge in [-0.05, 0) is 6.54 Å². The third-order valence-electron chi connectivity index (χ3n) is 1.86. The van der Waals surface area contributed by atoms with Gasteiger partial charge in [0.2, 0.25) is 0 Å². The van der Waals surface area contributed by atoms with Crippen molar-refractivity contribution in [2.75, 3.05) is 19.6 Å². The molecule has 0 bridgehead atoms. The second-order valence-electron chi connectivity index (χ2n) is 2.61. The fourth-order valence-corrected chi connectivity index (χ4v) is 1.05. The fraction of sp³-hybridized carbons (Fsp3) is 0.857. The molecule has 59 valence electrons. The summed E-state index contributed by atoms with van der Waals surface area (Å²) in [7, 11) is 0. The molecule has 0 saturated carbocycles. The molecule has 3 heteroatoms. The first-order chi connectivity index (χ1) is 4.64. The normalized spacial score (nSPS) is 26.7. The SMILES string of the molecule is CCN1C[CH]C(F)(F)CC1. The lowest BCUT2D eigenvalue weighted by atomic mass is 10.1. The molecular formula is C7H12F2N. The van der Waals surface area contributed by atoms with Crippen LogP contribution in [0.3, 0.4) is 0 Å². The molecule has 0 amide bonds. The summed E-state index contributed by atoms with van der Waals surface area (Å²) in [5, 5.41) is 0. The molecule has 1 aliphatic rings. The highest BCUT2D eigenvalue weighted by Crippen LogP contribution is 2.26. The van der Waals surface area contributed by atoms with E-state index in [1.807, 2.05) is 11.8 Å². The van der Waals surface area contributed by atoms with E-state index in [9.17, 15) is 8.78 Å². The summed E-state index contributed by atoms with van der Waals surface area (Å²) in [5.41, 5.74) is 0. The van der Waals surface area contributed by atoms with E-state index in [2.05, 4.69) is 0 Å². The molecule has 0 aliphatic carbocycles. The van der Waals surface area contributed by atoms with E-state index in [0.717, 1.165) is 13.0 Å². The summed E-state index contributed by atoms with van der Waals surface area (Å²) in [6.07, 6.45) is 1.08. The molecule has 10 heavy (non-hydrogen) atoms. The van der Waals surface area contributed by atoms with Gasteiger partial charge in [0.05, 0.1) is 0 Å². The molecule has 1 aliphatic heterocycles. The summed E-state index contributed by atoms with van der Waals surface area (Å²) < 4.78 is 24.9. The second kappa shape index (κ2) is 2.82. The van der Waals surface area contributed by atoms with E-state index in [4.69, 9.17) is 0 Å². The van der Waals surface area contributed by atoms with E-state index in [-0.39, 0.29) is 6.42 Å². The van der Waals surface area contributed by atoms with Crippen LogP contribution in [0, 0.1) is 6.42 Å². The van der Waals surface area contributed by atoms with Crippen LogP contribution in [-0.2, 0) is 0 Å². The third kappa shape index (κ3) is 1.90. The van der Waals surface area contributed by atoms with Crippen LogP contribution in [0.2, 0.25) is 0 Å². The van der Waals surface area contributed by atoms with E-state index >= 15 is 0 Å². The highest BCUT2D eigenvalue weighted by molar-refractivity contribution is 4.91. The molecule has 1 heterocycles. The third-order valence-corrected chi connectivity index (χ3v) is 1.86. The molecular weight excluding hydrogens is 136 g/mol. The topological polar surface area (TPSA) is 3.24 Å². The number of rotatable bonds is 1. The standard InChI is InChI=1S/C7H12F2N/c1-2-10-5-3-7(8,9)4-6-10/h3H,2,4-6H2,1H3. The number of likely N-dealkylation sites (tertiary alicyclic amines) is 1. The summed E-state index contributed by atoms with van der Waals surface area (Å²) >= 11 is 0. The molecule has 0 aromatic rings. The molecule has 0 unspecified atom stereocenters. The van der Waals surface area contributed by atoms with E-state index in [1.165, 1.54) is 0 Å². The predicted molar refractivity (Wildman–Crippen MR) is 36.0 cm³/mol. The van der Waals surface area contributed by atoms with E-state index in [1.54, 1.807) is 0 Å². The van der Waals surface area contributed by atoms with Crippen molar-refractivity contribution >= 4 is 0 Å².